The molecule has 0 nitrogen and oxygen atoms in total. The van der Waals surface area contributed by atoms with Gasteiger partial charge in [0.15, 0.2) is 0 Å². The summed E-state index contributed by atoms with van der Waals surface area (Å²) in [7, 11) is 0. The van der Waals surface area contributed by atoms with Crippen molar-refractivity contribution >= 4 is 5.57 Å². The van der Waals surface area contributed by atoms with Crippen molar-refractivity contribution in [3.63, 3.8) is 0 Å². The number of benzene rings is 1. The maximum Gasteiger partial charge on any atom is -0.00854 e. The van der Waals surface area contributed by atoms with E-state index in [0.717, 1.165) is 6.42 Å². The number of allylic oxidation sites excluding steroid dienone is 2. The third-order valence-corrected chi connectivity index (χ3v) is 2.98. The molecule has 1 aliphatic rings. The van der Waals surface area contributed by atoms with Crippen LogP contribution in [-0.4, -0.2) is 0 Å². The highest BCUT2D eigenvalue weighted by Gasteiger charge is 2.11. The van der Waals surface area contributed by atoms with Crippen LogP contribution in [-0.2, 0) is 6.42 Å². The molecular formula is C14H18. The van der Waals surface area contributed by atoms with Crippen LogP contribution in [0, 0.1) is 0 Å². The van der Waals surface area contributed by atoms with Gasteiger partial charge in [-0.1, -0.05) is 50.1 Å². The monoisotopic (exact) mass is 186 g/mol. The van der Waals surface area contributed by atoms with Gasteiger partial charge in [0.25, 0.3) is 0 Å². The molecule has 0 N–H and O–H groups in total. The Morgan fingerprint density at radius 3 is 2.86 bits per heavy atom. The van der Waals surface area contributed by atoms with Crippen LogP contribution in [0.2, 0.25) is 0 Å². The zero-order chi connectivity index (χ0) is 9.80. The van der Waals surface area contributed by atoms with Crippen molar-refractivity contribution in [2.24, 2.45) is 0 Å². The predicted octanol–water partition coefficient (Wildman–Crippen LogP) is 4.21. The summed E-state index contributed by atoms with van der Waals surface area (Å²) in [6, 6.07) is 8.80. The van der Waals surface area contributed by atoms with Gasteiger partial charge < -0.3 is 0 Å². The summed E-state index contributed by atoms with van der Waals surface area (Å²) >= 11 is 0. The Balaban J connectivity index is 2.02. The third kappa shape index (κ3) is 1.89. The molecule has 0 saturated carbocycles. The lowest BCUT2D eigenvalue weighted by Gasteiger charge is -2.04. The van der Waals surface area contributed by atoms with Gasteiger partial charge in [-0.3, -0.25) is 0 Å². The maximum absolute atomic E-state index is 2.40. The molecule has 0 unspecified atom stereocenters. The van der Waals surface area contributed by atoms with Crippen LogP contribution in [0.15, 0.2) is 30.3 Å². The van der Waals surface area contributed by atoms with Gasteiger partial charge in [-0.25, -0.2) is 0 Å². The van der Waals surface area contributed by atoms with E-state index in [0.29, 0.717) is 0 Å². The molecule has 1 aromatic rings. The smallest absolute Gasteiger partial charge is 0.00854 e. The second kappa shape index (κ2) is 4.45. The van der Waals surface area contributed by atoms with E-state index in [9.17, 15) is 0 Å². The quantitative estimate of drug-likeness (QED) is 0.618. The first-order chi connectivity index (χ1) is 6.92. The molecule has 0 heteroatoms. The molecule has 74 valence electrons. The zero-order valence-corrected chi connectivity index (χ0v) is 8.92. The van der Waals surface area contributed by atoms with Crippen molar-refractivity contribution in [2.75, 3.05) is 0 Å². The minimum atomic E-state index is 1.15. The molecule has 0 aromatic heterocycles. The standard InChI is InChI=1S/C14H18/c1-2-3-4-7-12-10-11-13-8-5-6-9-14(12)13/h5-6,8-10H,2-4,7,11H2,1H3. The van der Waals surface area contributed by atoms with E-state index in [4.69, 9.17) is 0 Å². The molecule has 0 aliphatic heterocycles. The van der Waals surface area contributed by atoms with Gasteiger partial charge in [-0.05, 0) is 36.0 Å². The average molecular weight is 186 g/mol. The highest BCUT2D eigenvalue weighted by atomic mass is 14.2. The lowest BCUT2D eigenvalue weighted by atomic mass is 10.0. The molecule has 0 fully saturated rings. The Hall–Kier alpha value is -1.04. The third-order valence-electron chi connectivity index (χ3n) is 2.98. The minimum absolute atomic E-state index is 1.15. The summed E-state index contributed by atoms with van der Waals surface area (Å²) in [6.07, 6.45) is 8.84. The SMILES string of the molecule is CCCCCC1=CCc2ccccc21. The molecule has 0 atom stereocenters. The van der Waals surface area contributed by atoms with E-state index in [1.54, 1.807) is 5.57 Å². The van der Waals surface area contributed by atoms with Crippen molar-refractivity contribution in [2.45, 2.75) is 39.0 Å². The van der Waals surface area contributed by atoms with Crippen molar-refractivity contribution in [3.05, 3.63) is 41.5 Å². The minimum Gasteiger partial charge on any atom is -0.0763 e. The number of unbranched alkanes of at least 4 members (excludes halogenated alkanes) is 2. The largest absolute Gasteiger partial charge is 0.0763 e. The van der Waals surface area contributed by atoms with Crippen molar-refractivity contribution in [3.8, 4) is 0 Å². The van der Waals surface area contributed by atoms with Crippen LogP contribution in [0.3, 0.4) is 0 Å². The fourth-order valence-corrected chi connectivity index (χ4v) is 2.16. The van der Waals surface area contributed by atoms with E-state index in [1.807, 2.05) is 0 Å². The summed E-state index contributed by atoms with van der Waals surface area (Å²) in [5, 5.41) is 0. The van der Waals surface area contributed by atoms with Crippen LogP contribution in [0.5, 0.6) is 0 Å². The average Bonchev–Trinajstić information content (AvgIpc) is 2.63. The molecule has 1 aliphatic carbocycles. The van der Waals surface area contributed by atoms with Crippen LogP contribution in [0.4, 0.5) is 0 Å². The fourth-order valence-electron chi connectivity index (χ4n) is 2.16. The van der Waals surface area contributed by atoms with E-state index < -0.39 is 0 Å². The van der Waals surface area contributed by atoms with Crippen molar-refractivity contribution in [1.82, 2.24) is 0 Å². The van der Waals surface area contributed by atoms with Crippen LogP contribution in [0.25, 0.3) is 5.57 Å². The topological polar surface area (TPSA) is 0 Å². The summed E-state index contributed by atoms with van der Waals surface area (Å²) in [5.41, 5.74) is 4.59. The normalized spacial score (nSPS) is 13.9. The number of hydrogen-bond donors (Lipinski definition) is 0. The molecule has 0 heterocycles. The molecule has 0 bridgehead atoms. The Bertz CT molecular complexity index is 334. The van der Waals surface area contributed by atoms with Gasteiger partial charge in [0.1, 0.15) is 0 Å². The molecule has 0 spiro atoms. The summed E-state index contributed by atoms with van der Waals surface area (Å²) in [6.45, 7) is 2.26. The zero-order valence-electron chi connectivity index (χ0n) is 8.92. The second-order valence-corrected chi connectivity index (χ2v) is 4.05. The number of rotatable bonds is 4. The van der Waals surface area contributed by atoms with E-state index in [-0.39, 0.29) is 0 Å². The van der Waals surface area contributed by atoms with Gasteiger partial charge >= 0.3 is 0 Å². The number of fused-ring (bicyclic) bond motifs is 1. The Morgan fingerprint density at radius 2 is 2.00 bits per heavy atom. The molecular weight excluding hydrogens is 168 g/mol. The highest BCUT2D eigenvalue weighted by molar-refractivity contribution is 5.72. The molecule has 1 aromatic carbocycles. The first kappa shape index (κ1) is 9.51. The van der Waals surface area contributed by atoms with Crippen LogP contribution >= 0.6 is 0 Å². The van der Waals surface area contributed by atoms with Crippen molar-refractivity contribution in [1.29, 1.82) is 0 Å². The molecule has 0 amide bonds. The molecule has 0 radical (unpaired) electrons. The van der Waals surface area contributed by atoms with Crippen LogP contribution in [0.1, 0.15) is 43.7 Å². The summed E-state index contributed by atoms with van der Waals surface area (Å²) in [4.78, 5) is 0. The Labute approximate surface area is 86.7 Å². The molecule has 0 saturated heterocycles. The maximum atomic E-state index is 2.40. The first-order valence-corrected chi connectivity index (χ1v) is 5.69. The summed E-state index contributed by atoms with van der Waals surface area (Å²) in [5.74, 6) is 0. The first-order valence-electron chi connectivity index (χ1n) is 5.69. The highest BCUT2D eigenvalue weighted by Crippen LogP contribution is 2.30. The van der Waals surface area contributed by atoms with Gasteiger partial charge in [-0.2, -0.15) is 0 Å². The fraction of sp³-hybridized carbons (Fsp3) is 0.429. The van der Waals surface area contributed by atoms with E-state index >= 15 is 0 Å². The van der Waals surface area contributed by atoms with E-state index in [1.165, 1.54) is 36.8 Å². The lowest BCUT2D eigenvalue weighted by molar-refractivity contribution is 0.736. The van der Waals surface area contributed by atoms with E-state index in [2.05, 4.69) is 37.3 Å². The van der Waals surface area contributed by atoms with Crippen molar-refractivity contribution < 1.29 is 0 Å². The second-order valence-electron chi connectivity index (χ2n) is 4.05. The van der Waals surface area contributed by atoms with Gasteiger partial charge in [-0.15, -0.1) is 0 Å². The van der Waals surface area contributed by atoms with Crippen LogP contribution < -0.4 is 0 Å². The molecule has 14 heavy (non-hydrogen) atoms. The lowest BCUT2D eigenvalue weighted by Crippen LogP contribution is -1.84. The molecule has 2 rings (SSSR count). The number of hydrogen-bond acceptors (Lipinski definition) is 0. The van der Waals surface area contributed by atoms with Gasteiger partial charge in [0.2, 0.25) is 0 Å². The predicted molar refractivity (Wildman–Crippen MR) is 62.3 cm³/mol. The summed E-state index contributed by atoms with van der Waals surface area (Å²) < 4.78 is 0. The van der Waals surface area contributed by atoms with Gasteiger partial charge in [0, 0.05) is 0 Å². The Morgan fingerprint density at radius 1 is 1.14 bits per heavy atom. The Kier molecular flexibility index (Phi) is 3.03. The van der Waals surface area contributed by atoms with Gasteiger partial charge in [0.05, 0.1) is 0 Å².